The highest BCUT2D eigenvalue weighted by molar-refractivity contribution is 7.10. The third-order valence-corrected chi connectivity index (χ3v) is 6.77. The molecule has 0 aliphatic carbocycles. The summed E-state index contributed by atoms with van der Waals surface area (Å²) >= 11 is 1.73. The minimum absolute atomic E-state index is 0.0451. The van der Waals surface area contributed by atoms with E-state index in [9.17, 15) is 9.90 Å². The molecule has 0 radical (unpaired) electrons. The van der Waals surface area contributed by atoms with Gasteiger partial charge in [0.25, 0.3) is 0 Å². The lowest BCUT2D eigenvalue weighted by molar-refractivity contribution is -0.136. The second kappa shape index (κ2) is 13.5. The van der Waals surface area contributed by atoms with Crippen molar-refractivity contribution in [1.29, 1.82) is 0 Å². The fourth-order valence-corrected chi connectivity index (χ4v) is 5.14. The molecule has 0 bridgehead atoms. The molecular formula is C26H36N2O5S. The van der Waals surface area contributed by atoms with Crippen molar-refractivity contribution < 1.29 is 24.1 Å². The van der Waals surface area contributed by atoms with E-state index >= 15 is 0 Å². The van der Waals surface area contributed by atoms with Crippen molar-refractivity contribution in [1.82, 2.24) is 9.80 Å². The van der Waals surface area contributed by atoms with Crippen LogP contribution in [0.3, 0.4) is 0 Å². The van der Waals surface area contributed by atoms with Crippen LogP contribution in [0.4, 0.5) is 0 Å². The summed E-state index contributed by atoms with van der Waals surface area (Å²) in [5.74, 6) is 1.49. The lowest BCUT2D eigenvalue weighted by Gasteiger charge is -2.37. The van der Waals surface area contributed by atoms with Crippen molar-refractivity contribution >= 4 is 17.2 Å². The Hall–Kier alpha value is -2.39. The van der Waals surface area contributed by atoms with Crippen molar-refractivity contribution in [3.63, 3.8) is 0 Å². The van der Waals surface area contributed by atoms with Gasteiger partial charge in [-0.05, 0) is 48.5 Å². The van der Waals surface area contributed by atoms with Crippen molar-refractivity contribution in [3.05, 3.63) is 58.8 Å². The molecule has 2 heterocycles. The average Bonchev–Trinajstić information content (AvgIpc) is 3.32. The number of hydrogen-bond donors (Lipinski definition) is 1. The zero-order valence-corrected chi connectivity index (χ0v) is 21.0. The fourth-order valence-electron chi connectivity index (χ4n) is 4.21. The number of hydrogen-bond acceptors (Lipinski definition) is 7. The van der Waals surface area contributed by atoms with Gasteiger partial charge in [0, 0.05) is 24.0 Å². The topological polar surface area (TPSA) is 71.5 Å². The van der Waals surface area contributed by atoms with Crippen LogP contribution in [0.1, 0.15) is 29.8 Å². The zero-order valence-electron chi connectivity index (χ0n) is 20.2. The third kappa shape index (κ3) is 7.30. The van der Waals surface area contributed by atoms with E-state index in [0.717, 1.165) is 30.7 Å². The molecule has 0 spiro atoms. The second-order valence-corrected chi connectivity index (χ2v) is 9.36. The summed E-state index contributed by atoms with van der Waals surface area (Å²) in [7, 11) is 1.63. The van der Waals surface area contributed by atoms with Crippen LogP contribution in [0.25, 0.3) is 0 Å². The number of rotatable bonds is 14. The lowest BCUT2D eigenvalue weighted by atomic mass is 10.0. The van der Waals surface area contributed by atoms with Crippen molar-refractivity contribution in [3.8, 4) is 11.5 Å². The van der Waals surface area contributed by atoms with Crippen LogP contribution in [0.15, 0.2) is 48.4 Å². The minimum Gasteiger partial charge on any atom is -0.497 e. The molecule has 1 aliphatic rings. The Kier molecular flexibility index (Phi) is 10.4. The molecule has 7 nitrogen and oxygen atoms in total. The zero-order chi connectivity index (χ0) is 24.3. The maximum atomic E-state index is 13.5. The standard InChI is InChI=1S/C26H36N2O5S/c1-4-11-27(16-20(29)18-32-13-5-2)17-26(30)28-12-9-25-23(10-14-34-25)24(28)19-33-22-8-6-7-21(15-22)31-3/h5-8,10,14-15,20,24,29H,2,4,9,11-13,16-19H2,1,3H3/t20-,24+/m0/s1. The van der Waals surface area contributed by atoms with Gasteiger partial charge in [-0.15, -0.1) is 17.9 Å². The fraction of sp³-hybridized carbons (Fsp3) is 0.500. The van der Waals surface area contributed by atoms with E-state index in [4.69, 9.17) is 14.2 Å². The van der Waals surface area contributed by atoms with Gasteiger partial charge >= 0.3 is 0 Å². The van der Waals surface area contributed by atoms with Crippen LogP contribution in [0, 0.1) is 0 Å². The Morgan fingerprint density at radius 3 is 2.97 bits per heavy atom. The number of nitrogens with zero attached hydrogens (tertiary/aromatic N) is 2. The number of carbonyl (C=O) groups excluding carboxylic acids is 1. The van der Waals surface area contributed by atoms with Crippen molar-refractivity contribution in [2.75, 3.05) is 53.1 Å². The van der Waals surface area contributed by atoms with Crippen LogP contribution in [0.5, 0.6) is 11.5 Å². The highest BCUT2D eigenvalue weighted by Gasteiger charge is 2.33. The van der Waals surface area contributed by atoms with Gasteiger partial charge in [-0.3, -0.25) is 9.69 Å². The number of aliphatic hydroxyl groups is 1. The highest BCUT2D eigenvalue weighted by Crippen LogP contribution is 2.34. The van der Waals surface area contributed by atoms with Gasteiger partial charge in [0.2, 0.25) is 5.91 Å². The molecule has 2 atom stereocenters. The number of amides is 1. The van der Waals surface area contributed by atoms with E-state index in [2.05, 4.69) is 24.9 Å². The van der Waals surface area contributed by atoms with Gasteiger partial charge < -0.3 is 24.2 Å². The maximum Gasteiger partial charge on any atom is 0.237 e. The number of ether oxygens (including phenoxy) is 3. The van der Waals surface area contributed by atoms with Gasteiger partial charge in [-0.2, -0.15) is 0 Å². The molecule has 3 rings (SSSR count). The minimum atomic E-state index is -0.656. The van der Waals surface area contributed by atoms with E-state index in [-0.39, 0.29) is 25.1 Å². The van der Waals surface area contributed by atoms with Crippen molar-refractivity contribution in [2.45, 2.75) is 31.9 Å². The number of methoxy groups -OCH3 is 1. The molecule has 34 heavy (non-hydrogen) atoms. The smallest absolute Gasteiger partial charge is 0.237 e. The van der Waals surface area contributed by atoms with Gasteiger partial charge in [-0.25, -0.2) is 0 Å². The highest BCUT2D eigenvalue weighted by atomic mass is 32.1. The Labute approximate surface area is 206 Å². The summed E-state index contributed by atoms with van der Waals surface area (Å²) in [5, 5.41) is 12.4. The maximum absolute atomic E-state index is 13.5. The summed E-state index contributed by atoms with van der Waals surface area (Å²) in [4.78, 5) is 18.7. The van der Waals surface area contributed by atoms with Crippen LogP contribution in [-0.2, 0) is 16.0 Å². The van der Waals surface area contributed by atoms with E-state index in [1.54, 1.807) is 24.5 Å². The van der Waals surface area contributed by atoms with Crippen LogP contribution in [0.2, 0.25) is 0 Å². The summed E-state index contributed by atoms with van der Waals surface area (Å²) < 4.78 is 16.8. The Morgan fingerprint density at radius 1 is 1.38 bits per heavy atom. The number of carbonyl (C=O) groups is 1. The number of benzene rings is 1. The van der Waals surface area contributed by atoms with E-state index in [1.807, 2.05) is 34.1 Å². The largest absolute Gasteiger partial charge is 0.497 e. The molecule has 186 valence electrons. The summed E-state index contributed by atoms with van der Waals surface area (Å²) in [6.45, 7) is 8.70. The molecule has 0 fully saturated rings. The molecule has 0 unspecified atom stereocenters. The van der Waals surface area contributed by atoms with E-state index in [1.165, 1.54) is 4.88 Å². The van der Waals surface area contributed by atoms with Crippen LogP contribution in [-0.4, -0.2) is 80.0 Å². The van der Waals surface area contributed by atoms with Crippen LogP contribution < -0.4 is 9.47 Å². The molecule has 8 heteroatoms. The first-order valence-corrected chi connectivity index (χ1v) is 12.6. The van der Waals surface area contributed by atoms with Gasteiger partial charge in [0.05, 0.1) is 39.0 Å². The van der Waals surface area contributed by atoms with Crippen LogP contribution >= 0.6 is 11.3 Å². The van der Waals surface area contributed by atoms with E-state index < -0.39 is 6.10 Å². The van der Waals surface area contributed by atoms with Gasteiger partial charge in [0.15, 0.2) is 0 Å². The number of thiophene rings is 1. The molecule has 1 amide bonds. The molecular weight excluding hydrogens is 452 g/mol. The summed E-state index contributed by atoms with van der Waals surface area (Å²) in [5.41, 5.74) is 1.16. The van der Waals surface area contributed by atoms with Crippen molar-refractivity contribution in [2.24, 2.45) is 0 Å². The molecule has 1 aliphatic heterocycles. The van der Waals surface area contributed by atoms with E-state index in [0.29, 0.717) is 32.1 Å². The summed E-state index contributed by atoms with van der Waals surface area (Å²) in [6, 6.07) is 9.45. The molecule has 0 saturated heterocycles. The molecule has 0 saturated carbocycles. The quantitative estimate of drug-likeness (QED) is 0.324. The first-order valence-electron chi connectivity index (χ1n) is 11.8. The average molecular weight is 489 g/mol. The number of fused-ring (bicyclic) bond motifs is 1. The Bertz CT molecular complexity index is 918. The number of aliphatic hydroxyl groups excluding tert-OH is 1. The second-order valence-electron chi connectivity index (χ2n) is 8.36. The molecule has 2 aromatic rings. The lowest BCUT2D eigenvalue weighted by Crippen LogP contribution is -2.48. The summed E-state index contributed by atoms with van der Waals surface area (Å²) in [6.07, 6.45) is 2.74. The molecule has 1 aromatic carbocycles. The SMILES string of the molecule is C=CCOC[C@@H](O)CN(CCC)CC(=O)N1CCc2sccc2[C@H]1COc1cccc(OC)c1. The first kappa shape index (κ1) is 26.2. The Balaban J connectivity index is 1.67. The monoisotopic (exact) mass is 488 g/mol. The Morgan fingerprint density at radius 2 is 2.21 bits per heavy atom. The first-order chi connectivity index (χ1) is 16.5. The third-order valence-electron chi connectivity index (χ3n) is 5.78. The molecule has 1 N–H and O–H groups in total. The van der Waals surface area contributed by atoms with Gasteiger partial charge in [0.1, 0.15) is 18.1 Å². The molecule has 1 aromatic heterocycles. The predicted octanol–water partition coefficient (Wildman–Crippen LogP) is 3.54. The normalized spacial score (nSPS) is 16.2. The van der Waals surface area contributed by atoms with Gasteiger partial charge in [-0.1, -0.05) is 19.1 Å². The predicted molar refractivity (Wildman–Crippen MR) is 135 cm³/mol.